The molecule has 2 aromatic carbocycles. The summed E-state index contributed by atoms with van der Waals surface area (Å²) in [5.41, 5.74) is 9.53. The van der Waals surface area contributed by atoms with Gasteiger partial charge in [-0.3, -0.25) is 0 Å². The summed E-state index contributed by atoms with van der Waals surface area (Å²) >= 11 is 0. The van der Waals surface area contributed by atoms with E-state index in [0.717, 1.165) is 12.8 Å². The van der Waals surface area contributed by atoms with E-state index in [2.05, 4.69) is 54.6 Å². The average Bonchev–Trinajstić information content (AvgIpc) is 2.38. The molecule has 0 saturated carbocycles. The molecule has 2 aromatic rings. The fourth-order valence-electron chi connectivity index (χ4n) is 1.78. The fraction of sp³-hybridized carbons (Fsp3) is 0.200. The molecule has 0 fully saturated rings. The van der Waals surface area contributed by atoms with Crippen LogP contribution in [0.25, 0.3) is 0 Å². The Kier molecular flexibility index (Phi) is 3.73. The molecule has 16 heavy (non-hydrogen) atoms. The van der Waals surface area contributed by atoms with Crippen LogP contribution in [0.15, 0.2) is 54.6 Å². The number of nitrogens with two attached hydrogens (primary N) is 1. The Labute approximate surface area is 96.9 Å². The van der Waals surface area contributed by atoms with E-state index in [1.54, 1.807) is 0 Å². The van der Waals surface area contributed by atoms with Crippen molar-refractivity contribution in [2.75, 3.05) is 0 Å². The van der Waals surface area contributed by atoms with E-state index < -0.39 is 0 Å². The Morgan fingerprint density at radius 3 is 1.69 bits per heavy atom. The molecular formula is C15H17N. The Hall–Kier alpha value is -1.60. The van der Waals surface area contributed by atoms with Crippen LogP contribution < -0.4 is 5.73 Å². The van der Waals surface area contributed by atoms with Gasteiger partial charge in [-0.05, 0) is 29.5 Å². The summed E-state index contributed by atoms with van der Waals surface area (Å²) in [5, 5.41) is 0. The van der Waals surface area contributed by atoms with Crippen molar-refractivity contribution < 1.29 is 0 Å². The SMILES string of the molecule is NCc1ccc(CCc2ccccc2)cc1. The highest BCUT2D eigenvalue weighted by atomic mass is 14.5. The van der Waals surface area contributed by atoms with Gasteiger partial charge in [-0.2, -0.15) is 0 Å². The molecule has 0 bridgehead atoms. The molecule has 1 heteroatoms. The van der Waals surface area contributed by atoms with Gasteiger partial charge in [0.25, 0.3) is 0 Å². The van der Waals surface area contributed by atoms with Crippen molar-refractivity contribution in [3.05, 3.63) is 71.3 Å². The largest absolute Gasteiger partial charge is 0.326 e. The molecule has 0 aliphatic heterocycles. The van der Waals surface area contributed by atoms with Gasteiger partial charge in [-0.1, -0.05) is 54.6 Å². The molecule has 0 unspecified atom stereocenters. The lowest BCUT2D eigenvalue weighted by Crippen LogP contribution is -1.96. The highest BCUT2D eigenvalue weighted by Gasteiger charge is 1.95. The van der Waals surface area contributed by atoms with Crippen molar-refractivity contribution in [3.8, 4) is 0 Å². The summed E-state index contributed by atoms with van der Waals surface area (Å²) in [6, 6.07) is 19.2. The van der Waals surface area contributed by atoms with Gasteiger partial charge in [-0.25, -0.2) is 0 Å². The Morgan fingerprint density at radius 2 is 1.12 bits per heavy atom. The fourth-order valence-corrected chi connectivity index (χ4v) is 1.78. The van der Waals surface area contributed by atoms with Crippen molar-refractivity contribution in [2.24, 2.45) is 5.73 Å². The number of aryl methyl sites for hydroxylation is 2. The Bertz CT molecular complexity index is 417. The third kappa shape index (κ3) is 2.94. The molecular weight excluding hydrogens is 194 g/mol. The van der Waals surface area contributed by atoms with Gasteiger partial charge in [0.1, 0.15) is 0 Å². The van der Waals surface area contributed by atoms with Crippen LogP contribution in [0.5, 0.6) is 0 Å². The molecule has 82 valence electrons. The van der Waals surface area contributed by atoms with Crippen LogP contribution in [-0.2, 0) is 19.4 Å². The lowest BCUT2D eigenvalue weighted by atomic mass is 10.0. The second-order valence-electron chi connectivity index (χ2n) is 4.01. The Balaban J connectivity index is 1.94. The first-order chi connectivity index (χ1) is 7.88. The van der Waals surface area contributed by atoms with Gasteiger partial charge in [0.2, 0.25) is 0 Å². The maximum absolute atomic E-state index is 5.56. The van der Waals surface area contributed by atoms with Crippen LogP contribution >= 0.6 is 0 Å². The lowest BCUT2D eigenvalue weighted by Gasteiger charge is -2.03. The minimum Gasteiger partial charge on any atom is -0.326 e. The van der Waals surface area contributed by atoms with Gasteiger partial charge in [0.15, 0.2) is 0 Å². The molecule has 0 aliphatic carbocycles. The van der Waals surface area contributed by atoms with Crippen molar-refractivity contribution in [3.63, 3.8) is 0 Å². The van der Waals surface area contributed by atoms with Gasteiger partial charge in [-0.15, -0.1) is 0 Å². The van der Waals surface area contributed by atoms with Crippen molar-refractivity contribution in [1.82, 2.24) is 0 Å². The first-order valence-electron chi connectivity index (χ1n) is 5.70. The summed E-state index contributed by atoms with van der Waals surface area (Å²) in [5.74, 6) is 0. The molecule has 1 nitrogen and oxygen atoms in total. The molecule has 0 aromatic heterocycles. The van der Waals surface area contributed by atoms with E-state index in [4.69, 9.17) is 5.73 Å². The predicted molar refractivity (Wildman–Crippen MR) is 68.2 cm³/mol. The molecule has 0 atom stereocenters. The highest BCUT2D eigenvalue weighted by Crippen LogP contribution is 2.08. The third-order valence-electron chi connectivity index (χ3n) is 2.80. The van der Waals surface area contributed by atoms with Crippen LogP contribution in [-0.4, -0.2) is 0 Å². The maximum atomic E-state index is 5.56. The van der Waals surface area contributed by atoms with Crippen molar-refractivity contribution in [1.29, 1.82) is 0 Å². The number of rotatable bonds is 4. The van der Waals surface area contributed by atoms with E-state index in [-0.39, 0.29) is 0 Å². The van der Waals surface area contributed by atoms with Crippen LogP contribution in [0.1, 0.15) is 16.7 Å². The van der Waals surface area contributed by atoms with Gasteiger partial charge in [0.05, 0.1) is 0 Å². The number of hydrogen-bond donors (Lipinski definition) is 1. The first-order valence-corrected chi connectivity index (χ1v) is 5.70. The molecule has 0 spiro atoms. The minimum absolute atomic E-state index is 0.624. The van der Waals surface area contributed by atoms with E-state index in [9.17, 15) is 0 Å². The molecule has 0 radical (unpaired) electrons. The van der Waals surface area contributed by atoms with Gasteiger partial charge >= 0.3 is 0 Å². The summed E-state index contributed by atoms with van der Waals surface area (Å²) < 4.78 is 0. The summed E-state index contributed by atoms with van der Waals surface area (Å²) in [4.78, 5) is 0. The Morgan fingerprint density at radius 1 is 0.625 bits per heavy atom. The monoisotopic (exact) mass is 211 g/mol. The summed E-state index contributed by atoms with van der Waals surface area (Å²) in [6.45, 7) is 0.624. The molecule has 2 rings (SSSR count). The topological polar surface area (TPSA) is 26.0 Å². The van der Waals surface area contributed by atoms with E-state index in [1.165, 1.54) is 16.7 Å². The number of benzene rings is 2. The molecule has 0 aliphatic rings. The maximum Gasteiger partial charge on any atom is 0.0178 e. The molecule has 0 amide bonds. The summed E-state index contributed by atoms with van der Waals surface area (Å²) in [6.07, 6.45) is 2.19. The standard InChI is InChI=1S/C15H17N/c16-12-15-10-8-14(9-11-15)7-6-13-4-2-1-3-5-13/h1-5,8-11H,6-7,12,16H2. The van der Waals surface area contributed by atoms with Crippen LogP contribution in [0.3, 0.4) is 0 Å². The molecule has 0 heterocycles. The van der Waals surface area contributed by atoms with Crippen LogP contribution in [0.2, 0.25) is 0 Å². The van der Waals surface area contributed by atoms with Crippen LogP contribution in [0.4, 0.5) is 0 Å². The number of hydrogen-bond acceptors (Lipinski definition) is 1. The lowest BCUT2D eigenvalue weighted by molar-refractivity contribution is 0.955. The predicted octanol–water partition coefficient (Wildman–Crippen LogP) is 2.93. The average molecular weight is 211 g/mol. The normalized spacial score (nSPS) is 10.3. The van der Waals surface area contributed by atoms with E-state index in [0.29, 0.717) is 6.54 Å². The summed E-state index contributed by atoms with van der Waals surface area (Å²) in [7, 11) is 0. The van der Waals surface area contributed by atoms with Crippen molar-refractivity contribution >= 4 is 0 Å². The first kappa shape index (κ1) is 10.9. The van der Waals surface area contributed by atoms with Crippen LogP contribution in [0, 0.1) is 0 Å². The second-order valence-corrected chi connectivity index (χ2v) is 4.01. The zero-order chi connectivity index (χ0) is 11.2. The molecule has 2 N–H and O–H groups in total. The van der Waals surface area contributed by atoms with Crippen molar-refractivity contribution in [2.45, 2.75) is 19.4 Å². The van der Waals surface area contributed by atoms with E-state index >= 15 is 0 Å². The second kappa shape index (κ2) is 5.47. The zero-order valence-electron chi connectivity index (χ0n) is 9.39. The minimum atomic E-state index is 0.624. The molecule has 0 saturated heterocycles. The van der Waals surface area contributed by atoms with E-state index in [1.807, 2.05) is 0 Å². The smallest absolute Gasteiger partial charge is 0.0178 e. The van der Waals surface area contributed by atoms with Gasteiger partial charge in [0, 0.05) is 6.54 Å². The quantitative estimate of drug-likeness (QED) is 0.826. The highest BCUT2D eigenvalue weighted by molar-refractivity contribution is 5.24. The van der Waals surface area contributed by atoms with Gasteiger partial charge < -0.3 is 5.73 Å². The third-order valence-corrected chi connectivity index (χ3v) is 2.80. The zero-order valence-corrected chi connectivity index (χ0v) is 9.39.